The highest BCUT2D eigenvalue weighted by Gasteiger charge is 2.29. The maximum atomic E-state index is 12.7. The molecule has 0 aromatic carbocycles. The molecule has 1 aromatic heterocycles. The molecule has 1 atom stereocenters. The van der Waals surface area contributed by atoms with Gasteiger partial charge in [0.1, 0.15) is 0 Å². The lowest BCUT2D eigenvalue weighted by molar-refractivity contribution is 0.0719. The summed E-state index contributed by atoms with van der Waals surface area (Å²) in [6, 6.07) is 0.162. The van der Waals surface area contributed by atoms with E-state index in [4.69, 9.17) is 0 Å². The molecule has 1 amide bonds. The molecule has 1 aliphatic rings. The van der Waals surface area contributed by atoms with Gasteiger partial charge in [-0.3, -0.25) is 4.79 Å². The lowest BCUT2D eigenvalue weighted by Gasteiger charge is -2.28. The molecule has 2 heterocycles. The lowest BCUT2D eigenvalue weighted by atomic mass is 10.0. The predicted octanol–water partition coefficient (Wildman–Crippen LogP) is 1.89. The molecule has 1 unspecified atom stereocenters. The molecule has 0 fully saturated rings. The van der Waals surface area contributed by atoms with Crippen molar-refractivity contribution in [1.82, 2.24) is 14.9 Å². The van der Waals surface area contributed by atoms with E-state index in [9.17, 15) is 4.79 Å². The first kappa shape index (κ1) is 14.5. The highest BCUT2D eigenvalue weighted by Crippen LogP contribution is 2.21. The number of amides is 1. The summed E-state index contributed by atoms with van der Waals surface area (Å²) in [6.07, 6.45) is 5.79. The number of aromatic nitrogens is 2. The van der Waals surface area contributed by atoms with Crippen LogP contribution in [0.5, 0.6) is 0 Å². The number of hydrogen-bond donors (Lipinski definition) is 0. The smallest absolute Gasteiger partial charge is 0.258 e. The van der Waals surface area contributed by atoms with Crippen LogP contribution in [0.1, 0.15) is 29.9 Å². The Morgan fingerprint density at radius 3 is 2.70 bits per heavy atom. The molecule has 5 nitrogen and oxygen atoms in total. The van der Waals surface area contributed by atoms with E-state index in [1.165, 1.54) is 0 Å². The van der Waals surface area contributed by atoms with Crippen LogP contribution in [-0.4, -0.2) is 47.5 Å². The Labute approximate surface area is 120 Å². The van der Waals surface area contributed by atoms with Gasteiger partial charge in [-0.2, -0.15) is 0 Å². The molecule has 0 spiro atoms. The first-order valence-corrected chi connectivity index (χ1v) is 6.90. The van der Waals surface area contributed by atoms with Gasteiger partial charge in [-0.15, -0.1) is 0 Å². The Morgan fingerprint density at radius 1 is 1.45 bits per heavy atom. The highest BCUT2D eigenvalue weighted by atomic mass is 16.2. The van der Waals surface area contributed by atoms with Gasteiger partial charge in [0.15, 0.2) is 0 Å². The summed E-state index contributed by atoms with van der Waals surface area (Å²) in [5.41, 5.74) is 1.31. The fourth-order valence-electron chi connectivity index (χ4n) is 2.37. The van der Waals surface area contributed by atoms with E-state index >= 15 is 0 Å². The van der Waals surface area contributed by atoms with Crippen LogP contribution < -0.4 is 4.90 Å². The molecule has 1 aliphatic heterocycles. The maximum Gasteiger partial charge on any atom is 0.258 e. The van der Waals surface area contributed by atoms with E-state index in [2.05, 4.69) is 29.9 Å². The minimum Gasteiger partial charge on any atom is -0.347 e. The van der Waals surface area contributed by atoms with Crippen LogP contribution in [0, 0.1) is 12.8 Å². The van der Waals surface area contributed by atoms with E-state index in [0.717, 1.165) is 5.69 Å². The van der Waals surface area contributed by atoms with Crippen LogP contribution >= 0.6 is 0 Å². The van der Waals surface area contributed by atoms with Gasteiger partial charge >= 0.3 is 0 Å². The molecule has 5 heteroatoms. The van der Waals surface area contributed by atoms with Crippen LogP contribution in [0.4, 0.5) is 5.95 Å². The van der Waals surface area contributed by atoms with E-state index in [-0.39, 0.29) is 11.9 Å². The summed E-state index contributed by atoms with van der Waals surface area (Å²) in [5.74, 6) is 1.04. The first-order valence-electron chi connectivity index (χ1n) is 6.90. The molecular weight excluding hydrogens is 252 g/mol. The van der Waals surface area contributed by atoms with Gasteiger partial charge in [-0.05, 0) is 12.8 Å². The molecule has 0 radical (unpaired) electrons. The van der Waals surface area contributed by atoms with Crippen LogP contribution in [0.15, 0.2) is 18.3 Å². The third-order valence-corrected chi connectivity index (χ3v) is 3.54. The van der Waals surface area contributed by atoms with E-state index < -0.39 is 0 Å². The fourth-order valence-corrected chi connectivity index (χ4v) is 2.37. The second-order valence-electron chi connectivity index (χ2n) is 5.68. The van der Waals surface area contributed by atoms with Crippen molar-refractivity contribution >= 4 is 11.9 Å². The molecule has 2 rings (SSSR count). The second kappa shape index (κ2) is 5.61. The monoisotopic (exact) mass is 274 g/mol. The zero-order chi connectivity index (χ0) is 14.9. The van der Waals surface area contributed by atoms with Crippen LogP contribution in [0.3, 0.4) is 0 Å². The van der Waals surface area contributed by atoms with E-state index in [1.54, 1.807) is 6.20 Å². The fraction of sp³-hybridized carbons (Fsp3) is 0.533. The van der Waals surface area contributed by atoms with Gasteiger partial charge in [-0.1, -0.05) is 26.0 Å². The van der Waals surface area contributed by atoms with Crippen molar-refractivity contribution in [1.29, 1.82) is 0 Å². The summed E-state index contributed by atoms with van der Waals surface area (Å²) in [5, 5.41) is 0. The molecular formula is C15H22N4O. The molecule has 108 valence electrons. The molecule has 20 heavy (non-hydrogen) atoms. The summed E-state index contributed by atoms with van der Waals surface area (Å²) in [4.78, 5) is 25.0. The summed E-state index contributed by atoms with van der Waals surface area (Å²) in [6.45, 7) is 6.77. The number of anilines is 1. The van der Waals surface area contributed by atoms with Gasteiger partial charge < -0.3 is 9.80 Å². The van der Waals surface area contributed by atoms with E-state index in [0.29, 0.717) is 24.0 Å². The Balaban J connectivity index is 2.26. The molecule has 0 saturated heterocycles. The van der Waals surface area contributed by atoms with Gasteiger partial charge in [0.25, 0.3) is 5.91 Å². The second-order valence-corrected chi connectivity index (χ2v) is 5.68. The van der Waals surface area contributed by atoms with E-state index in [1.807, 2.05) is 36.9 Å². The molecule has 0 saturated carbocycles. The topological polar surface area (TPSA) is 49.3 Å². The van der Waals surface area contributed by atoms with Crippen molar-refractivity contribution in [3.05, 3.63) is 29.6 Å². The Morgan fingerprint density at radius 2 is 2.15 bits per heavy atom. The van der Waals surface area contributed by atoms with Crippen molar-refractivity contribution < 1.29 is 4.79 Å². The van der Waals surface area contributed by atoms with Gasteiger partial charge in [0.05, 0.1) is 17.3 Å². The zero-order valence-corrected chi connectivity index (χ0v) is 12.8. The lowest BCUT2D eigenvalue weighted by Crippen LogP contribution is -2.39. The average molecular weight is 274 g/mol. The zero-order valence-electron chi connectivity index (χ0n) is 12.8. The van der Waals surface area contributed by atoms with Gasteiger partial charge in [-0.25, -0.2) is 9.97 Å². The first-order chi connectivity index (χ1) is 9.41. The number of carbonyl (C=O) groups is 1. The Bertz CT molecular complexity index is 537. The highest BCUT2D eigenvalue weighted by molar-refractivity contribution is 5.95. The standard InChI is InChI=1S/C15H22N4O/c1-10(2)13-7-6-8-19(13)14(20)12-9-16-15(18(4)5)17-11(12)3/h6-7,9-10,13H,8H2,1-5H3. The van der Waals surface area contributed by atoms with Crippen molar-refractivity contribution in [3.8, 4) is 0 Å². The van der Waals surface area contributed by atoms with Crippen molar-refractivity contribution in [3.63, 3.8) is 0 Å². The van der Waals surface area contributed by atoms with Crippen LogP contribution in [0.2, 0.25) is 0 Å². The summed E-state index contributed by atoms with van der Waals surface area (Å²) >= 11 is 0. The average Bonchev–Trinajstić information content (AvgIpc) is 2.87. The predicted molar refractivity (Wildman–Crippen MR) is 79.9 cm³/mol. The number of carbonyl (C=O) groups excluding carboxylic acids is 1. The summed E-state index contributed by atoms with van der Waals surface area (Å²) in [7, 11) is 3.77. The minimum atomic E-state index is 0.0107. The Hall–Kier alpha value is -1.91. The van der Waals surface area contributed by atoms with Crippen molar-refractivity contribution in [2.24, 2.45) is 5.92 Å². The molecule has 0 N–H and O–H groups in total. The van der Waals surface area contributed by atoms with Crippen LogP contribution in [0.25, 0.3) is 0 Å². The minimum absolute atomic E-state index is 0.0107. The number of hydrogen-bond acceptors (Lipinski definition) is 4. The van der Waals surface area contributed by atoms with Gasteiger partial charge in [0, 0.05) is 26.8 Å². The Kier molecular flexibility index (Phi) is 4.06. The third kappa shape index (κ3) is 2.66. The van der Waals surface area contributed by atoms with Crippen LogP contribution in [-0.2, 0) is 0 Å². The molecule has 0 bridgehead atoms. The third-order valence-electron chi connectivity index (χ3n) is 3.54. The number of nitrogens with zero attached hydrogens (tertiary/aromatic N) is 4. The summed E-state index contributed by atoms with van der Waals surface area (Å²) < 4.78 is 0. The SMILES string of the molecule is Cc1nc(N(C)C)ncc1C(=O)N1CC=CC1C(C)C. The molecule has 0 aliphatic carbocycles. The van der Waals surface area contributed by atoms with Crippen molar-refractivity contribution in [2.75, 3.05) is 25.5 Å². The molecule has 1 aromatic rings. The number of aryl methyl sites for hydroxylation is 1. The normalized spacial score (nSPS) is 17.9. The van der Waals surface area contributed by atoms with Crippen molar-refractivity contribution in [2.45, 2.75) is 26.8 Å². The quantitative estimate of drug-likeness (QED) is 0.790. The largest absolute Gasteiger partial charge is 0.347 e. The maximum absolute atomic E-state index is 12.7. The van der Waals surface area contributed by atoms with Gasteiger partial charge in [0.2, 0.25) is 5.95 Å². The number of rotatable bonds is 3.